The van der Waals surface area contributed by atoms with E-state index in [2.05, 4.69) is 10.2 Å². The molecule has 0 bridgehead atoms. The zero-order valence-corrected chi connectivity index (χ0v) is 15.9. The van der Waals surface area contributed by atoms with Crippen LogP contribution in [-0.2, 0) is 9.53 Å². The number of hydrogen-bond acceptors (Lipinski definition) is 8. The predicted molar refractivity (Wildman–Crippen MR) is 106 cm³/mol. The molecule has 0 amide bonds. The van der Waals surface area contributed by atoms with Crippen LogP contribution in [0.15, 0.2) is 33.0 Å². The highest BCUT2D eigenvalue weighted by molar-refractivity contribution is 6.02. The molecule has 0 saturated carbocycles. The standard InChI is InChI=1S/C20H20N4O4/c1-4-24(5-2)14-7-8-15-17(10-14)28-20(26)16(18(15)23-12-22)9-13(11-21)19(25)27-6-3/h7-10,23H,4-6H2,1-3H3/b13-9+. The van der Waals surface area contributed by atoms with Crippen LogP contribution in [0.5, 0.6) is 0 Å². The van der Waals surface area contributed by atoms with E-state index in [9.17, 15) is 14.9 Å². The summed E-state index contributed by atoms with van der Waals surface area (Å²) in [6.45, 7) is 7.27. The second-order valence-corrected chi connectivity index (χ2v) is 5.66. The Hall–Kier alpha value is -3.78. The molecule has 8 heteroatoms. The largest absolute Gasteiger partial charge is 0.462 e. The third-order valence-corrected chi connectivity index (χ3v) is 4.14. The summed E-state index contributed by atoms with van der Waals surface area (Å²) >= 11 is 0. The molecule has 0 radical (unpaired) electrons. The third kappa shape index (κ3) is 4.13. The summed E-state index contributed by atoms with van der Waals surface area (Å²) in [6, 6.07) is 7.00. The van der Waals surface area contributed by atoms with Gasteiger partial charge in [-0.05, 0) is 39.0 Å². The maximum Gasteiger partial charge on any atom is 0.348 e. The summed E-state index contributed by atoms with van der Waals surface area (Å²) in [5.41, 5.74) is 0.0782. The second-order valence-electron chi connectivity index (χ2n) is 5.66. The van der Waals surface area contributed by atoms with Crippen LogP contribution in [0.4, 0.5) is 11.4 Å². The first kappa shape index (κ1) is 20.5. The van der Waals surface area contributed by atoms with Crippen molar-refractivity contribution in [1.29, 1.82) is 10.5 Å². The molecule has 0 spiro atoms. The van der Waals surface area contributed by atoms with E-state index in [4.69, 9.17) is 14.4 Å². The van der Waals surface area contributed by atoms with Gasteiger partial charge in [0.25, 0.3) is 0 Å². The van der Waals surface area contributed by atoms with Gasteiger partial charge < -0.3 is 14.1 Å². The lowest BCUT2D eigenvalue weighted by molar-refractivity contribution is -0.137. The van der Waals surface area contributed by atoms with Crippen molar-refractivity contribution in [2.24, 2.45) is 0 Å². The number of hydrogen-bond donors (Lipinski definition) is 1. The molecule has 0 aliphatic heterocycles. The van der Waals surface area contributed by atoms with Gasteiger partial charge in [0.15, 0.2) is 6.19 Å². The topological polar surface area (TPSA) is 119 Å². The number of nitriles is 2. The highest BCUT2D eigenvalue weighted by Crippen LogP contribution is 2.30. The zero-order chi connectivity index (χ0) is 20.7. The van der Waals surface area contributed by atoms with Crippen LogP contribution in [0.3, 0.4) is 0 Å². The number of esters is 1. The lowest BCUT2D eigenvalue weighted by atomic mass is 10.1. The zero-order valence-electron chi connectivity index (χ0n) is 15.9. The molecule has 1 heterocycles. The monoisotopic (exact) mass is 380 g/mol. The Morgan fingerprint density at radius 2 is 2.00 bits per heavy atom. The maximum absolute atomic E-state index is 12.5. The van der Waals surface area contributed by atoms with Crippen molar-refractivity contribution in [3.63, 3.8) is 0 Å². The highest BCUT2D eigenvalue weighted by atomic mass is 16.5. The molecule has 0 aliphatic carbocycles. The summed E-state index contributed by atoms with van der Waals surface area (Å²) in [5, 5.41) is 21.3. The first-order chi connectivity index (χ1) is 13.5. The minimum atomic E-state index is -0.857. The quantitative estimate of drug-likeness (QED) is 0.194. The van der Waals surface area contributed by atoms with E-state index in [1.54, 1.807) is 31.3 Å². The smallest absolute Gasteiger partial charge is 0.348 e. The number of nitrogens with one attached hydrogen (secondary N) is 1. The van der Waals surface area contributed by atoms with E-state index in [0.29, 0.717) is 11.0 Å². The molecule has 1 aromatic heterocycles. The molecule has 2 rings (SSSR count). The minimum Gasteiger partial charge on any atom is -0.462 e. The molecule has 0 atom stereocenters. The van der Waals surface area contributed by atoms with Gasteiger partial charge in [0.2, 0.25) is 0 Å². The molecule has 1 N–H and O–H groups in total. The van der Waals surface area contributed by atoms with E-state index in [-0.39, 0.29) is 23.4 Å². The van der Waals surface area contributed by atoms with Gasteiger partial charge in [0.05, 0.1) is 17.9 Å². The van der Waals surface area contributed by atoms with Gasteiger partial charge in [0.1, 0.15) is 17.2 Å². The van der Waals surface area contributed by atoms with Crippen LogP contribution in [0.2, 0.25) is 0 Å². The molecule has 0 aliphatic rings. The van der Waals surface area contributed by atoms with Crippen molar-refractivity contribution in [3.8, 4) is 12.3 Å². The summed E-state index contributed by atoms with van der Waals surface area (Å²) in [7, 11) is 0. The first-order valence-electron chi connectivity index (χ1n) is 8.80. The van der Waals surface area contributed by atoms with Gasteiger partial charge >= 0.3 is 11.6 Å². The lowest BCUT2D eigenvalue weighted by Gasteiger charge is -2.21. The Morgan fingerprint density at radius 3 is 2.57 bits per heavy atom. The van der Waals surface area contributed by atoms with Crippen molar-refractivity contribution in [1.82, 2.24) is 0 Å². The van der Waals surface area contributed by atoms with Gasteiger partial charge in [-0.1, -0.05) is 0 Å². The lowest BCUT2D eigenvalue weighted by Crippen LogP contribution is -2.21. The molecule has 144 valence electrons. The van der Waals surface area contributed by atoms with Crippen LogP contribution in [0.1, 0.15) is 26.3 Å². The third-order valence-electron chi connectivity index (χ3n) is 4.14. The van der Waals surface area contributed by atoms with Gasteiger partial charge in [-0.15, -0.1) is 0 Å². The number of benzene rings is 1. The normalized spacial score (nSPS) is 10.8. The molecule has 1 aromatic carbocycles. The number of nitrogens with zero attached hydrogens (tertiary/aromatic N) is 3. The molecule has 0 unspecified atom stereocenters. The number of carbonyl (C=O) groups excluding carboxylic acids is 1. The van der Waals surface area contributed by atoms with E-state index in [1.807, 2.05) is 19.9 Å². The summed E-state index contributed by atoms with van der Waals surface area (Å²) in [4.78, 5) is 26.5. The van der Waals surface area contributed by atoms with Crippen molar-refractivity contribution in [2.45, 2.75) is 20.8 Å². The molecule has 0 fully saturated rings. The highest BCUT2D eigenvalue weighted by Gasteiger charge is 2.18. The van der Waals surface area contributed by atoms with E-state index < -0.39 is 11.6 Å². The fourth-order valence-corrected chi connectivity index (χ4v) is 2.80. The second kappa shape index (κ2) is 9.24. The summed E-state index contributed by atoms with van der Waals surface area (Å²) < 4.78 is 10.2. The maximum atomic E-state index is 12.5. The van der Waals surface area contributed by atoms with Crippen LogP contribution >= 0.6 is 0 Å². The molecular weight excluding hydrogens is 360 g/mol. The van der Waals surface area contributed by atoms with E-state index in [0.717, 1.165) is 24.9 Å². The van der Waals surface area contributed by atoms with Gasteiger partial charge in [-0.3, -0.25) is 5.32 Å². The first-order valence-corrected chi connectivity index (χ1v) is 8.80. The Labute approximate surface area is 162 Å². The fraction of sp³-hybridized carbons (Fsp3) is 0.300. The van der Waals surface area contributed by atoms with Crippen LogP contribution in [0.25, 0.3) is 17.0 Å². The average molecular weight is 380 g/mol. The Bertz CT molecular complexity index is 1050. The number of anilines is 2. The summed E-state index contributed by atoms with van der Waals surface area (Å²) in [6.07, 6.45) is 2.85. The van der Waals surface area contributed by atoms with Crippen molar-refractivity contribution in [3.05, 3.63) is 39.8 Å². The predicted octanol–water partition coefficient (Wildman–Crippen LogP) is 3.00. The summed E-state index contributed by atoms with van der Waals surface area (Å²) in [5.74, 6) is -0.857. The molecular formula is C20H20N4O4. The van der Waals surface area contributed by atoms with E-state index >= 15 is 0 Å². The minimum absolute atomic E-state index is 0.0849. The molecule has 0 saturated heterocycles. The number of carbonyl (C=O) groups is 1. The molecule has 28 heavy (non-hydrogen) atoms. The fourth-order valence-electron chi connectivity index (χ4n) is 2.80. The van der Waals surface area contributed by atoms with Gasteiger partial charge in [-0.25, -0.2) is 9.59 Å². The Kier molecular flexibility index (Phi) is 6.78. The number of fused-ring (bicyclic) bond motifs is 1. The van der Waals surface area contributed by atoms with Crippen LogP contribution in [-0.4, -0.2) is 25.7 Å². The van der Waals surface area contributed by atoms with Crippen molar-refractivity contribution < 1.29 is 13.9 Å². The molecule has 8 nitrogen and oxygen atoms in total. The Morgan fingerprint density at radius 1 is 1.29 bits per heavy atom. The number of rotatable bonds is 7. The van der Waals surface area contributed by atoms with Gasteiger partial charge in [0, 0.05) is 30.2 Å². The van der Waals surface area contributed by atoms with Gasteiger partial charge in [-0.2, -0.15) is 10.5 Å². The number of ether oxygens (including phenoxy) is 1. The van der Waals surface area contributed by atoms with Crippen molar-refractivity contribution >= 4 is 34.4 Å². The average Bonchev–Trinajstić information content (AvgIpc) is 2.68. The van der Waals surface area contributed by atoms with Crippen LogP contribution in [0, 0.1) is 22.8 Å². The van der Waals surface area contributed by atoms with E-state index in [1.165, 1.54) is 0 Å². The van der Waals surface area contributed by atoms with Crippen LogP contribution < -0.4 is 15.8 Å². The molecule has 2 aromatic rings. The van der Waals surface area contributed by atoms with Crippen molar-refractivity contribution in [2.75, 3.05) is 29.9 Å². The Balaban J connectivity index is 2.73. The SMILES string of the molecule is CCOC(=O)/C(C#N)=C/c1c(NC#N)c2ccc(N(CC)CC)cc2oc1=O.